The van der Waals surface area contributed by atoms with Gasteiger partial charge in [0.2, 0.25) is 5.91 Å². The Morgan fingerprint density at radius 1 is 1.32 bits per heavy atom. The fourth-order valence-electron chi connectivity index (χ4n) is 4.23. The number of ether oxygens (including phenoxy) is 1. The Hall–Kier alpha value is -2.75. The van der Waals surface area contributed by atoms with Crippen molar-refractivity contribution in [2.75, 3.05) is 23.8 Å². The van der Waals surface area contributed by atoms with Crippen molar-refractivity contribution >= 4 is 39.3 Å². The number of anilines is 2. The zero-order valence-electron chi connectivity index (χ0n) is 18.1. The van der Waals surface area contributed by atoms with E-state index in [4.69, 9.17) is 10.5 Å². The Morgan fingerprint density at radius 3 is 2.77 bits per heavy atom. The third-order valence-electron chi connectivity index (χ3n) is 5.56. The Balaban J connectivity index is 1.91. The number of pyridine rings is 1. The van der Waals surface area contributed by atoms with E-state index in [1.165, 1.54) is 0 Å². The zero-order chi connectivity index (χ0) is 22.3. The molecule has 4 N–H and O–H groups in total. The molecule has 1 aliphatic heterocycles. The first-order valence-electron chi connectivity index (χ1n) is 10.5. The van der Waals surface area contributed by atoms with Gasteiger partial charge in [-0.2, -0.15) is 0 Å². The van der Waals surface area contributed by atoms with Crippen LogP contribution in [0.5, 0.6) is 0 Å². The number of carbonyl (C=O) groups excluding carboxylic acids is 1. The lowest BCUT2D eigenvalue weighted by Gasteiger charge is -2.24. The number of benzene rings is 1. The minimum Gasteiger partial charge on any atom is -0.394 e. The molecule has 4 rings (SSSR count). The van der Waals surface area contributed by atoms with Crippen LogP contribution in [0.3, 0.4) is 0 Å². The van der Waals surface area contributed by atoms with Crippen molar-refractivity contribution < 1.29 is 19.7 Å². The molecular formula is C22H29N5O4. The van der Waals surface area contributed by atoms with E-state index >= 15 is 0 Å². The van der Waals surface area contributed by atoms with Crippen molar-refractivity contribution in [3.63, 3.8) is 0 Å². The van der Waals surface area contributed by atoms with Gasteiger partial charge in [-0.15, -0.1) is 0 Å². The molecule has 0 spiro atoms. The number of rotatable bonds is 7. The minimum absolute atomic E-state index is 0.0153. The number of carbonyl (C=O) groups is 1. The van der Waals surface area contributed by atoms with Gasteiger partial charge < -0.3 is 30.2 Å². The normalized spacial score (nSPS) is 17.4. The fraction of sp³-hybridized carbons (Fsp3) is 0.500. The number of aliphatic hydroxyl groups excluding tert-OH is 1. The number of hydrogen-bond acceptors (Lipinski definition) is 7. The van der Waals surface area contributed by atoms with E-state index in [2.05, 4.69) is 9.97 Å². The molecule has 1 unspecified atom stereocenters. The summed E-state index contributed by atoms with van der Waals surface area (Å²) in [5, 5.41) is 21.0. The molecule has 9 heteroatoms. The van der Waals surface area contributed by atoms with Crippen molar-refractivity contribution in [3.8, 4) is 0 Å². The second-order valence-corrected chi connectivity index (χ2v) is 8.60. The van der Waals surface area contributed by atoms with Crippen LogP contribution in [0.2, 0.25) is 0 Å². The lowest BCUT2D eigenvalue weighted by molar-refractivity contribution is -0.117. The summed E-state index contributed by atoms with van der Waals surface area (Å²) >= 11 is 0. The van der Waals surface area contributed by atoms with E-state index in [1.807, 2.05) is 29.7 Å². The van der Waals surface area contributed by atoms with E-state index in [9.17, 15) is 15.0 Å². The molecule has 1 saturated heterocycles. The molecule has 1 amide bonds. The summed E-state index contributed by atoms with van der Waals surface area (Å²) in [6.07, 6.45) is 1.04. The van der Waals surface area contributed by atoms with Crippen molar-refractivity contribution in [1.82, 2.24) is 14.5 Å². The third kappa shape index (κ3) is 3.96. The third-order valence-corrected chi connectivity index (χ3v) is 5.56. The van der Waals surface area contributed by atoms with Gasteiger partial charge in [-0.1, -0.05) is 0 Å². The van der Waals surface area contributed by atoms with Crippen molar-refractivity contribution in [2.45, 2.75) is 58.4 Å². The maximum Gasteiger partial charge on any atom is 0.227 e. The summed E-state index contributed by atoms with van der Waals surface area (Å²) in [4.78, 5) is 23.2. The highest BCUT2D eigenvalue weighted by Gasteiger charge is 2.32. The Kier molecular flexibility index (Phi) is 5.59. The molecule has 1 aliphatic rings. The Morgan fingerprint density at radius 2 is 2.10 bits per heavy atom. The number of hydrogen-bond donors (Lipinski definition) is 3. The van der Waals surface area contributed by atoms with Crippen molar-refractivity contribution in [2.24, 2.45) is 0 Å². The average Bonchev–Trinajstić information content (AvgIpc) is 3.25. The van der Waals surface area contributed by atoms with Gasteiger partial charge in [0.05, 0.1) is 35.8 Å². The molecule has 166 valence electrons. The molecule has 0 saturated carbocycles. The molecule has 9 nitrogen and oxygen atoms in total. The second-order valence-electron chi connectivity index (χ2n) is 8.60. The van der Waals surface area contributed by atoms with Crippen LogP contribution in [0.15, 0.2) is 18.2 Å². The topological polar surface area (TPSA) is 127 Å². The lowest BCUT2D eigenvalue weighted by atomic mass is 10.1. The molecule has 1 aromatic carbocycles. The highest BCUT2D eigenvalue weighted by molar-refractivity contribution is 6.08. The number of amides is 1. The maximum absolute atomic E-state index is 12.4. The summed E-state index contributed by atoms with van der Waals surface area (Å²) in [5.74, 6) is 0.927. The molecule has 31 heavy (non-hydrogen) atoms. The van der Waals surface area contributed by atoms with E-state index in [-0.39, 0.29) is 24.4 Å². The SMILES string of the molecule is CCOCc1nc2c(N)nc3cc(N4C(=O)CCC4CO)ccc3c2n1CC(C)(C)O. The highest BCUT2D eigenvalue weighted by Crippen LogP contribution is 2.34. The van der Waals surface area contributed by atoms with Gasteiger partial charge in [-0.05, 0) is 45.4 Å². The summed E-state index contributed by atoms with van der Waals surface area (Å²) in [7, 11) is 0. The summed E-state index contributed by atoms with van der Waals surface area (Å²) in [6.45, 7) is 6.44. The van der Waals surface area contributed by atoms with Crippen LogP contribution in [-0.4, -0.2) is 55.5 Å². The molecule has 0 radical (unpaired) electrons. The summed E-state index contributed by atoms with van der Waals surface area (Å²) in [6, 6.07) is 5.34. The zero-order valence-corrected chi connectivity index (χ0v) is 18.1. The van der Waals surface area contributed by atoms with E-state index < -0.39 is 5.60 Å². The first-order valence-corrected chi connectivity index (χ1v) is 10.5. The van der Waals surface area contributed by atoms with Crippen LogP contribution in [0.1, 0.15) is 39.4 Å². The van der Waals surface area contributed by atoms with Gasteiger partial charge >= 0.3 is 0 Å². The van der Waals surface area contributed by atoms with Gasteiger partial charge in [0.25, 0.3) is 0 Å². The predicted molar refractivity (Wildman–Crippen MR) is 119 cm³/mol. The van der Waals surface area contributed by atoms with E-state index in [0.717, 1.165) is 10.9 Å². The number of aromatic nitrogens is 3. The molecule has 1 fully saturated rings. The van der Waals surface area contributed by atoms with Crippen LogP contribution < -0.4 is 10.6 Å². The number of nitrogens with two attached hydrogens (primary N) is 1. The van der Waals surface area contributed by atoms with Crippen molar-refractivity contribution in [3.05, 3.63) is 24.0 Å². The van der Waals surface area contributed by atoms with Crippen LogP contribution >= 0.6 is 0 Å². The minimum atomic E-state index is -0.977. The van der Waals surface area contributed by atoms with Crippen LogP contribution in [-0.2, 0) is 22.7 Å². The van der Waals surface area contributed by atoms with Gasteiger partial charge in [0.1, 0.15) is 17.9 Å². The van der Waals surface area contributed by atoms with Gasteiger partial charge in [0.15, 0.2) is 5.82 Å². The number of nitrogens with zero attached hydrogens (tertiary/aromatic N) is 4. The number of fused-ring (bicyclic) bond motifs is 3. The van der Waals surface area contributed by atoms with Gasteiger partial charge in [0, 0.05) is 24.1 Å². The fourth-order valence-corrected chi connectivity index (χ4v) is 4.23. The molecular weight excluding hydrogens is 398 g/mol. The first kappa shape index (κ1) is 21.5. The van der Waals surface area contributed by atoms with Gasteiger partial charge in [-0.25, -0.2) is 9.97 Å². The van der Waals surface area contributed by atoms with E-state index in [0.29, 0.717) is 55.1 Å². The first-order chi connectivity index (χ1) is 14.7. The number of imidazole rings is 1. The summed E-state index contributed by atoms with van der Waals surface area (Å²) in [5.41, 5.74) is 7.94. The van der Waals surface area contributed by atoms with Crippen LogP contribution in [0, 0.1) is 0 Å². The highest BCUT2D eigenvalue weighted by atomic mass is 16.5. The quantitative estimate of drug-likeness (QED) is 0.526. The van der Waals surface area contributed by atoms with Gasteiger partial charge in [-0.3, -0.25) is 4.79 Å². The molecule has 3 heterocycles. The summed E-state index contributed by atoms with van der Waals surface area (Å²) < 4.78 is 7.52. The largest absolute Gasteiger partial charge is 0.394 e. The van der Waals surface area contributed by atoms with Crippen molar-refractivity contribution in [1.29, 1.82) is 0 Å². The molecule has 0 aliphatic carbocycles. The van der Waals surface area contributed by atoms with Crippen LogP contribution in [0.25, 0.3) is 21.9 Å². The molecule has 3 aromatic rings. The molecule has 0 bridgehead atoms. The predicted octanol–water partition coefficient (Wildman–Crippen LogP) is 1.96. The average molecular weight is 428 g/mol. The monoisotopic (exact) mass is 427 g/mol. The molecule has 1 atom stereocenters. The second kappa shape index (κ2) is 8.07. The standard InChI is InChI=1S/C22H29N5O4/c1-4-31-11-17-25-19-20(26(17)12-22(2,3)30)15-7-5-13(9-16(15)24-21(19)23)27-14(10-28)6-8-18(27)29/h5,7,9,14,28,30H,4,6,8,10-12H2,1-3H3,(H2,23,24). The molecule has 2 aromatic heterocycles. The van der Waals surface area contributed by atoms with E-state index in [1.54, 1.807) is 18.7 Å². The Bertz CT molecular complexity index is 1130. The number of nitrogen functional groups attached to an aromatic ring is 1. The smallest absolute Gasteiger partial charge is 0.227 e. The number of aliphatic hydroxyl groups is 2. The van der Waals surface area contributed by atoms with Crippen LogP contribution in [0.4, 0.5) is 11.5 Å². The lowest BCUT2D eigenvalue weighted by Crippen LogP contribution is -2.35. The Labute approximate surface area is 180 Å². The maximum atomic E-state index is 12.4.